The molecule has 6 N–H and O–H groups in total. The highest BCUT2D eigenvalue weighted by atomic mass is 35.5. The van der Waals surface area contributed by atoms with Crippen LogP contribution in [0, 0.1) is 5.92 Å². The van der Waals surface area contributed by atoms with Crippen molar-refractivity contribution < 1.29 is 23.9 Å². The lowest BCUT2D eigenvalue weighted by Crippen LogP contribution is -2.59. The minimum atomic E-state index is -0.956. The molecule has 2 aliphatic rings. The smallest absolute Gasteiger partial charge is 0.243 e. The van der Waals surface area contributed by atoms with Crippen molar-refractivity contribution in [2.45, 2.75) is 95.3 Å². The van der Waals surface area contributed by atoms with Gasteiger partial charge in [0.25, 0.3) is 0 Å². The van der Waals surface area contributed by atoms with E-state index in [0.717, 1.165) is 35.9 Å². The maximum Gasteiger partial charge on any atom is 0.243 e. The molecule has 0 bridgehead atoms. The number of unbranched alkanes of at least 4 members (excludes halogenated alkanes) is 1. The monoisotopic (exact) mass is 730 g/mol. The average molecular weight is 732 g/mol. The van der Waals surface area contributed by atoms with Crippen molar-refractivity contribution in [3.63, 3.8) is 0 Å². The zero-order valence-corrected chi connectivity index (χ0v) is 29.9. The first-order valence-corrected chi connectivity index (χ1v) is 18.6. The summed E-state index contributed by atoms with van der Waals surface area (Å²) >= 11 is 14.1. The third kappa shape index (κ3) is 9.62. The van der Waals surface area contributed by atoms with Gasteiger partial charge in [0.1, 0.15) is 23.9 Å². The highest BCUT2D eigenvalue weighted by molar-refractivity contribution is 7.18. The topological polar surface area (TPSA) is 165 Å². The molecule has 2 aromatic carbocycles. The van der Waals surface area contributed by atoms with Crippen molar-refractivity contribution in [3.05, 3.63) is 57.0 Å². The van der Waals surface area contributed by atoms with Crippen LogP contribution in [0.3, 0.4) is 0 Å². The number of ether oxygens (including phenoxy) is 1. The molecule has 1 unspecified atom stereocenters. The van der Waals surface area contributed by atoms with Gasteiger partial charge in [-0.25, -0.2) is 4.98 Å². The second-order valence-electron chi connectivity index (χ2n) is 12.6. The van der Waals surface area contributed by atoms with Gasteiger partial charge in [-0.05, 0) is 74.9 Å². The van der Waals surface area contributed by atoms with Gasteiger partial charge in [-0.3, -0.25) is 19.2 Å². The van der Waals surface area contributed by atoms with Crippen LogP contribution in [-0.4, -0.2) is 59.9 Å². The van der Waals surface area contributed by atoms with Crippen LogP contribution >= 0.6 is 34.5 Å². The van der Waals surface area contributed by atoms with Gasteiger partial charge in [0.15, 0.2) is 0 Å². The summed E-state index contributed by atoms with van der Waals surface area (Å²) in [7, 11) is 0. The first kappa shape index (κ1) is 36.8. The molecule has 3 aromatic rings. The van der Waals surface area contributed by atoms with Crippen molar-refractivity contribution in [2.75, 3.05) is 13.2 Å². The van der Waals surface area contributed by atoms with Crippen molar-refractivity contribution in [2.24, 2.45) is 11.7 Å². The minimum Gasteiger partial charge on any atom is -0.493 e. The molecule has 4 atom stereocenters. The van der Waals surface area contributed by atoms with Crippen molar-refractivity contribution >= 4 is 68.4 Å². The molecule has 1 aliphatic carbocycles. The summed E-state index contributed by atoms with van der Waals surface area (Å²) < 4.78 is 6.63. The van der Waals surface area contributed by atoms with E-state index in [4.69, 9.17) is 33.7 Å². The van der Waals surface area contributed by atoms with Crippen molar-refractivity contribution in [1.29, 1.82) is 0 Å². The summed E-state index contributed by atoms with van der Waals surface area (Å²) in [5, 5.41) is 13.6. The third-order valence-corrected chi connectivity index (χ3v) is 10.7. The number of fused-ring (bicyclic) bond motifs is 2. The quantitative estimate of drug-likeness (QED) is 0.138. The predicted molar refractivity (Wildman–Crippen MR) is 192 cm³/mol. The number of amides is 4. The van der Waals surface area contributed by atoms with Gasteiger partial charge in [-0.15, -0.1) is 11.3 Å². The summed E-state index contributed by atoms with van der Waals surface area (Å²) in [6.45, 7) is 2.58. The van der Waals surface area contributed by atoms with E-state index in [9.17, 15) is 19.2 Å². The van der Waals surface area contributed by atoms with Crippen LogP contribution in [0.15, 0.2) is 36.4 Å². The highest BCUT2D eigenvalue weighted by Crippen LogP contribution is 2.37. The molecule has 1 aliphatic heterocycles. The Bertz CT molecular complexity index is 1650. The van der Waals surface area contributed by atoms with Gasteiger partial charge < -0.3 is 31.7 Å². The molecule has 0 radical (unpaired) electrons. The Hall–Kier alpha value is -3.45. The molecule has 5 rings (SSSR count). The van der Waals surface area contributed by atoms with Crippen LogP contribution < -0.4 is 31.7 Å². The molecular weight excluding hydrogens is 687 g/mol. The number of nitrogens with two attached hydrogens (primary N) is 1. The van der Waals surface area contributed by atoms with Crippen molar-refractivity contribution in [3.8, 4) is 5.75 Å². The van der Waals surface area contributed by atoms with Crippen LogP contribution in [0.5, 0.6) is 5.75 Å². The van der Waals surface area contributed by atoms with E-state index < -0.39 is 29.9 Å². The Morgan fingerprint density at radius 3 is 2.53 bits per heavy atom. The SMILES string of the molecule is CCC(=O)N[C@@H](Cc1nc2ccc(Cl)cc2s1)C(=O)NC(C(=O)N[C@@H](CCCCN)C(=O)N[C@@H]1CCOc2cccc(Cl)c21)C1CCCC1. The van der Waals surface area contributed by atoms with E-state index in [2.05, 4.69) is 26.3 Å². The fourth-order valence-corrected chi connectivity index (χ4v) is 8.09. The van der Waals surface area contributed by atoms with Crippen molar-refractivity contribution in [1.82, 2.24) is 26.3 Å². The van der Waals surface area contributed by atoms with E-state index >= 15 is 0 Å². The van der Waals surface area contributed by atoms with Gasteiger partial charge in [-0.1, -0.05) is 49.0 Å². The third-order valence-electron chi connectivity index (χ3n) is 9.12. The van der Waals surface area contributed by atoms with Crippen LogP contribution in [0.1, 0.15) is 81.3 Å². The van der Waals surface area contributed by atoms with Gasteiger partial charge in [0.2, 0.25) is 23.6 Å². The Kier molecular flexibility index (Phi) is 13.1. The number of carbonyl (C=O) groups excluding carboxylic acids is 4. The molecular formula is C35H44Cl2N6O5S. The molecule has 11 nitrogen and oxygen atoms in total. The van der Waals surface area contributed by atoms with Crippen LogP contribution in [0.25, 0.3) is 10.2 Å². The normalized spacial score (nSPS) is 17.8. The number of thiazole rings is 1. The Morgan fingerprint density at radius 2 is 1.78 bits per heavy atom. The molecule has 14 heteroatoms. The van der Waals surface area contributed by atoms with E-state index in [0.29, 0.717) is 65.2 Å². The Morgan fingerprint density at radius 1 is 0.980 bits per heavy atom. The molecule has 1 saturated carbocycles. The Balaban J connectivity index is 1.33. The number of benzene rings is 2. The number of nitrogens with one attached hydrogen (secondary N) is 4. The molecule has 2 heterocycles. The van der Waals surface area contributed by atoms with Crippen LogP contribution in [0.2, 0.25) is 10.0 Å². The van der Waals surface area contributed by atoms with Gasteiger partial charge in [0.05, 0.1) is 27.9 Å². The molecule has 1 fully saturated rings. The summed E-state index contributed by atoms with van der Waals surface area (Å²) in [6.07, 6.45) is 5.91. The first-order valence-electron chi connectivity index (χ1n) is 17.0. The lowest BCUT2D eigenvalue weighted by Gasteiger charge is -2.31. The lowest BCUT2D eigenvalue weighted by atomic mass is 9.95. The number of nitrogens with zero attached hydrogens (tertiary/aromatic N) is 1. The number of hydrogen-bond acceptors (Lipinski definition) is 8. The second kappa shape index (κ2) is 17.5. The van der Waals surface area contributed by atoms with Gasteiger partial charge in [0, 0.05) is 34.9 Å². The maximum atomic E-state index is 14.1. The maximum absolute atomic E-state index is 14.1. The first-order chi connectivity index (χ1) is 23.7. The van der Waals surface area contributed by atoms with E-state index in [1.54, 1.807) is 25.1 Å². The summed E-state index contributed by atoms with van der Waals surface area (Å²) in [6, 6.07) is 7.65. The molecule has 49 heavy (non-hydrogen) atoms. The zero-order chi connectivity index (χ0) is 34.9. The Labute approximate surface area is 300 Å². The van der Waals surface area contributed by atoms with E-state index in [-0.39, 0.29) is 36.6 Å². The second-order valence-corrected chi connectivity index (χ2v) is 14.6. The molecule has 264 valence electrons. The standard InChI is InChI=1S/C35H44Cl2N6O5S/c1-2-29(44)39-26(19-30-40-23-14-13-21(36)18-28(23)49-30)34(46)43-32(20-8-3-4-9-20)35(47)42-25(11-5-6-16-38)33(45)41-24-15-17-48-27-12-7-10-22(37)31(24)27/h7,10,12-14,18,20,24-26,32H,2-6,8-9,11,15-17,19,38H2,1H3,(H,39,44)(H,41,45)(H,42,47)(H,43,46)/t24-,25+,26+,32?/m1/s1. The molecule has 1 aromatic heterocycles. The van der Waals surface area contributed by atoms with Crippen LogP contribution in [-0.2, 0) is 25.6 Å². The number of rotatable bonds is 15. The fourth-order valence-electron chi connectivity index (χ4n) is 6.51. The number of halogens is 2. The average Bonchev–Trinajstić information content (AvgIpc) is 3.76. The highest BCUT2D eigenvalue weighted by Gasteiger charge is 2.37. The number of aromatic nitrogens is 1. The van der Waals surface area contributed by atoms with E-state index in [1.807, 2.05) is 18.2 Å². The van der Waals surface area contributed by atoms with Crippen LogP contribution in [0.4, 0.5) is 0 Å². The number of carbonyl (C=O) groups is 4. The fraction of sp³-hybridized carbons (Fsp3) is 0.514. The molecule has 4 amide bonds. The predicted octanol–water partition coefficient (Wildman–Crippen LogP) is 4.97. The summed E-state index contributed by atoms with van der Waals surface area (Å²) in [5.74, 6) is -1.06. The van der Waals surface area contributed by atoms with E-state index in [1.165, 1.54) is 11.3 Å². The molecule has 0 spiro atoms. The molecule has 0 saturated heterocycles. The minimum absolute atomic E-state index is 0.120. The summed E-state index contributed by atoms with van der Waals surface area (Å²) in [4.78, 5) is 59.0. The lowest BCUT2D eigenvalue weighted by molar-refractivity contribution is -0.135. The summed E-state index contributed by atoms with van der Waals surface area (Å²) in [5.41, 5.74) is 7.21. The zero-order valence-electron chi connectivity index (χ0n) is 27.6. The van der Waals surface area contributed by atoms with Gasteiger partial charge >= 0.3 is 0 Å². The van der Waals surface area contributed by atoms with Gasteiger partial charge in [-0.2, -0.15) is 0 Å². The largest absolute Gasteiger partial charge is 0.493 e. The number of hydrogen-bond donors (Lipinski definition) is 5.